The zero-order valence-corrected chi connectivity index (χ0v) is 19.0. The number of aliphatic hydroxyl groups excluding tert-OH is 1. The molecule has 0 aromatic carbocycles. The van der Waals surface area contributed by atoms with Gasteiger partial charge in [-0.15, -0.1) is 0 Å². The lowest BCUT2D eigenvalue weighted by atomic mass is 10.1. The van der Waals surface area contributed by atoms with Crippen molar-refractivity contribution in [3.63, 3.8) is 0 Å². The molecule has 7 nitrogen and oxygen atoms in total. The van der Waals surface area contributed by atoms with Crippen LogP contribution in [0.25, 0.3) is 0 Å². The van der Waals surface area contributed by atoms with E-state index in [1.165, 1.54) is 38.5 Å². The molecule has 0 saturated carbocycles. The minimum Gasteiger partial charge on any atom is -0.444 e. The number of rotatable bonds is 20. The lowest BCUT2D eigenvalue weighted by Gasteiger charge is -2.19. The predicted molar refractivity (Wildman–Crippen MR) is 115 cm³/mol. The van der Waals surface area contributed by atoms with Gasteiger partial charge >= 0.3 is 6.09 Å². The summed E-state index contributed by atoms with van der Waals surface area (Å²) in [5, 5.41) is 11.4. The molecule has 0 radical (unpaired) electrons. The van der Waals surface area contributed by atoms with Crippen LogP contribution in [0.15, 0.2) is 0 Å². The molecule has 0 aromatic rings. The van der Waals surface area contributed by atoms with E-state index in [1.807, 2.05) is 20.8 Å². The van der Waals surface area contributed by atoms with Gasteiger partial charge in [-0.2, -0.15) is 0 Å². The highest BCUT2D eigenvalue weighted by Crippen LogP contribution is 2.10. The van der Waals surface area contributed by atoms with Crippen molar-refractivity contribution in [1.29, 1.82) is 0 Å². The number of amides is 1. The molecule has 0 fully saturated rings. The molecular weight excluding hydrogens is 374 g/mol. The summed E-state index contributed by atoms with van der Waals surface area (Å²) in [6, 6.07) is 0. The van der Waals surface area contributed by atoms with E-state index in [2.05, 4.69) is 5.32 Å². The van der Waals surface area contributed by atoms with Crippen LogP contribution in [-0.2, 0) is 18.9 Å². The molecule has 0 aliphatic rings. The Hall–Kier alpha value is -0.890. The molecule has 0 rings (SSSR count). The summed E-state index contributed by atoms with van der Waals surface area (Å²) in [4.78, 5) is 11.5. The van der Waals surface area contributed by atoms with Gasteiger partial charge in [0, 0.05) is 13.2 Å². The van der Waals surface area contributed by atoms with Crippen LogP contribution in [0.3, 0.4) is 0 Å². The summed E-state index contributed by atoms with van der Waals surface area (Å²) in [6.07, 6.45) is 10.5. The summed E-state index contributed by atoms with van der Waals surface area (Å²) in [5.74, 6) is 0. The Morgan fingerprint density at radius 2 is 1.14 bits per heavy atom. The van der Waals surface area contributed by atoms with Crippen molar-refractivity contribution in [1.82, 2.24) is 5.32 Å². The molecule has 2 N–H and O–H groups in total. The summed E-state index contributed by atoms with van der Waals surface area (Å²) in [6.45, 7) is 9.81. The molecule has 1 amide bonds. The molecule has 0 aliphatic carbocycles. The monoisotopic (exact) mass is 419 g/mol. The third-order valence-electron chi connectivity index (χ3n) is 4.11. The lowest BCUT2D eigenvalue weighted by Crippen LogP contribution is -2.32. The molecule has 0 heterocycles. The zero-order valence-electron chi connectivity index (χ0n) is 19.0. The molecule has 7 heteroatoms. The number of nitrogens with one attached hydrogen (secondary N) is 1. The number of carbonyl (C=O) groups excluding carboxylic acids is 1. The SMILES string of the molecule is CC(C)(C)OC(=O)NCCCCCCCCCCCOCCOCCOCCO. The van der Waals surface area contributed by atoms with Crippen molar-refractivity contribution in [3.05, 3.63) is 0 Å². The molecular formula is C22H45NO6. The van der Waals surface area contributed by atoms with Gasteiger partial charge in [0.1, 0.15) is 5.60 Å². The van der Waals surface area contributed by atoms with Crippen LogP contribution >= 0.6 is 0 Å². The largest absolute Gasteiger partial charge is 0.444 e. The van der Waals surface area contributed by atoms with Gasteiger partial charge in [0.2, 0.25) is 0 Å². The highest BCUT2D eigenvalue weighted by Gasteiger charge is 2.15. The van der Waals surface area contributed by atoms with Gasteiger partial charge in [-0.1, -0.05) is 44.9 Å². The van der Waals surface area contributed by atoms with E-state index in [0.29, 0.717) is 39.6 Å². The summed E-state index contributed by atoms with van der Waals surface area (Å²) < 4.78 is 21.2. The topological polar surface area (TPSA) is 86.3 Å². The van der Waals surface area contributed by atoms with Crippen LogP contribution in [0.4, 0.5) is 4.79 Å². The van der Waals surface area contributed by atoms with E-state index < -0.39 is 5.60 Å². The summed E-state index contributed by atoms with van der Waals surface area (Å²) in [7, 11) is 0. The molecule has 0 atom stereocenters. The molecule has 0 aromatic heterocycles. The summed E-state index contributed by atoms with van der Waals surface area (Å²) in [5.41, 5.74) is -0.429. The number of carbonyl (C=O) groups is 1. The fraction of sp³-hybridized carbons (Fsp3) is 0.955. The normalized spacial score (nSPS) is 11.6. The molecule has 0 bridgehead atoms. The second-order valence-corrected chi connectivity index (χ2v) is 8.17. The number of unbranched alkanes of at least 4 members (excludes halogenated alkanes) is 8. The van der Waals surface area contributed by atoms with Crippen molar-refractivity contribution in [2.75, 3.05) is 52.8 Å². The van der Waals surface area contributed by atoms with E-state index in [-0.39, 0.29) is 12.7 Å². The van der Waals surface area contributed by atoms with E-state index in [0.717, 1.165) is 25.9 Å². The fourth-order valence-electron chi connectivity index (χ4n) is 2.68. The van der Waals surface area contributed by atoms with Gasteiger partial charge in [0.05, 0.1) is 39.6 Å². The van der Waals surface area contributed by atoms with Crippen LogP contribution in [0.5, 0.6) is 0 Å². The summed E-state index contributed by atoms with van der Waals surface area (Å²) >= 11 is 0. The minimum atomic E-state index is -0.429. The molecule has 0 unspecified atom stereocenters. The van der Waals surface area contributed by atoms with Crippen molar-refractivity contribution < 1.29 is 28.8 Å². The van der Waals surface area contributed by atoms with E-state index in [4.69, 9.17) is 24.1 Å². The molecule has 0 aliphatic heterocycles. The smallest absolute Gasteiger partial charge is 0.407 e. The second kappa shape index (κ2) is 20.4. The number of alkyl carbamates (subject to hydrolysis) is 1. The lowest BCUT2D eigenvalue weighted by molar-refractivity contribution is 0.00719. The average Bonchev–Trinajstić information content (AvgIpc) is 2.65. The van der Waals surface area contributed by atoms with Gasteiger partial charge < -0.3 is 29.4 Å². The molecule has 174 valence electrons. The Balaban J connectivity index is 3.11. The first kappa shape index (κ1) is 28.1. The third-order valence-corrected chi connectivity index (χ3v) is 4.11. The van der Waals surface area contributed by atoms with Crippen LogP contribution in [-0.4, -0.2) is 69.6 Å². The van der Waals surface area contributed by atoms with Gasteiger partial charge in [0.15, 0.2) is 0 Å². The first-order chi connectivity index (χ1) is 14.0. The maximum atomic E-state index is 11.5. The number of hydrogen-bond acceptors (Lipinski definition) is 6. The van der Waals surface area contributed by atoms with E-state index in [9.17, 15) is 4.79 Å². The Kier molecular flexibility index (Phi) is 19.8. The quantitative estimate of drug-likeness (QED) is 0.289. The van der Waals surface area contributed by atoms with E-state index in [1.54, 1.807) is 0 Å². The predicted octanol–water partition coefficient (Wildman–Crippen LogP) is 4.06. The highest BCUT2D eigenvalue weighted by molar-refractivity contribution is 5.67. The minimum absolute atomic E-state index is 0.0538. The zero-order chi connectivity index (χ0) is 21.6. The number of ether oxygens (including phenoxy) is 4. The Morgan fingerprint density at radius 1 is 0.690 bits per heavy atom. The van der Waals surface area contributed by atoms with Crippen molar-refractivity contribution in [2.45, 2.75) is 84.2 Å². The Labute approximate surface area is 177 Å². The van der Waals surface area contributed by atoms with Crippen LogP contribution in [0.2, 0.25) is 0 Å². The molecule has 29 heavy (non-hydrogen) atoms. The first-order valence-corrected chi connectivity index (χ1v) is 11.3. The van der Waals surface area contributed by atoms with Crippen LogP contribution in [0, 0.1) is 0 Å². The van der Waals surface area contributed by atoms with Crippen LogP contribution in [0.1, 0.15) is 78.6 Å². The molecule has 0 spiro atoms. The third kappa shape index (κ3) is 25.1. The van der Waals surface area contributed by atoms with Crippen LogP contribution < -0.4 is 5.32 Å². The number of aliphatic hydroxyl groups is 1. The van der Waals surface area contributed by atoms with E-state index >= 15 is 0 Å². The standard InChI is InChI=1S/C22H45NO6/c1-22(2,3)29-21(25)23-13-11-9-7-5-4-6-8-10-12-15-26-17-19-28-20-18-27-16-14-24/h24H,4-20H2,1-3H3,(H,23,25). The van der Waals surface area contributed by atoms with Gasteiger partial charge in [-0.25, -0.2) is 4.79 Å². The van der Waals surface area contributed by atoms with Gasteiger partial charge in [0.25, 0.3) is 0 Å². The first-order valence-electron chi connectivity index (χ1n) is 11.3. The maximum Gasteiger partial charge on any atom is 0.407 e. The fourth-order valence-corrected chi connectivity index (χ4v) is 2.68. The van der Waals surface area contributed by atoms with Gasteiger partial charge in [-0.05, 0) is 33.6 Å². The van der Waals surface area contributed by atoms with Crippen molar-refractivity contribution in [2.24, 2.45) is 0 Å². The maximum absolute atomic E-state index is 11.5. The van der Waals surface area contributed by atoms with Crippen molar-refractivity contribution >= 4 is 6.09 Å². The van der Waals surface area contributed by atoms with Crippen molar-refractivity contribution in [3.8, 4) is 0 Å². The number of hydrogen-bond donors (Lipinski definition) is 2. The molecule has 0 saturated heterocycles. The Bertz CT molecular complexity index is 360. The second-order valence-electron chi connectivity index (χ2n) is 8.17. The van der Waals surface area contributed by atoms with Gasteiger partial charge in [-0.3, -0.25) is 0 Å². The highest BCUT2D eigenvalue weighted by atomic mass is 16.6. The average molecular weight is 420 g/mol. The Morgan fingerprint density at radius 3 is 1.66 bits per heavy atom.